The summed E-state index contributed by atoms with van der Waals surface area (Å²) < 4.78 is 44.1. The SMILES string of the molecule is CCc1cccc(CC)c1NC(=O)COC(=O)CNS(=O)(=O)c1cccc(F)c1. The molecule has 1 amide bonds. The normalized spacial score (nSPS) is 11.1. The fraction of sp³-hybridized carbons (Fsp3) is 0.300. The van der Waals surface area contributed by atoms with Crippen LogP contribution in [-0.4, -0.2) is 33.4 Å². The molecule has 9 heteroatoms. The first-order valence-electron chi connectivity index (χ1n) is 9.08. The zero-order valence-corrected chi connectivity index (χ0v) is 17.0. The molecule has 0 saturated carbocycles. The number of para-hydroxylation sites is 1. The maximum absolute atomic E-state index is 13.2. The summed E-state index contributed by atoms with van der Waals surface area (Å²) in [5.74, 6) is -2.17. The van der Waals surface area contributed by atoms with Gasteiger partial charge in [0.05, 0.1) is 4.90 Å². The van der Waals surface area contributed by atoms with Crippen LogP contribution >= 0.6 is 0 Å². The molecule has 0 radical (unpaired) electrons. The van der Waals surface area contributed by atoms with Gasteiger partial charge in [0.25, 0.3) is 5.91 Å². The molecule has 29 heavy (non-hydrogen) atoms. The van der Waals surface area contributed by atoms with Crippen molar-refractivity contribution in [1.82, 2.24) is 4.72 Å². The minimum atomic E-state index is -4.07. The number of rotatable bonds is 9. The average molecular weight is 422 g/mol. The lowest BCUT2D eigenvalue weighted by molar-refractivity contribution is -0.146. The van der Waals surface area contributed by atoms with Gasteiger partial charge in [0.2, 0.25) is 10.0 Å². The molecule has 0 heterocycles. The van der Waals surface area contributed by atoms with Crippen LogP contribution in [0.3, 0.4) is 0 Å². The van der Waals surface area contributed by atoms with E-state index in [0.717, 1.165) is 36.1 Å². The topological polar surface area (TPSA) is 102 Å². The average Bonchev–Trinajstić information content (AvgIpc) is 2.71. The van der Waals surface area contributed by atoms with Crippen molar-refractivity contribution in [1.29, 1.82) is 0 Å². The molecule has 2 aromatic rings. The van der Waals surface area contributed by atoms with Gasteiger partial charge >= 0.3 is 5.97 Å². The summed E-state index contributed by atoms with van der Waals surface area (Å²) in [5.41, 5.74) is 2.63. The highest BCUT2D eigenvalue weighted by Crippen LogP contribution is 2.22. The fourth-order valence-electron chi connectivity index (χ4n) is 2.65. The number of amides is 1. The molecule has 0 aliphatic rings. The van der Waals surface area contributed by atoms with Crippen LogP contribution in [0.15, 0.2) is 47.4 Å². The maximum atomic E-state index is 13.2. The number of ether oxygens (including phenoxy) is 1. The Hall–Kier alpha value is -2.78. The Morgan fingerprint density at radius 3 is 2.24 bits per heavy atom. The third-order valence-corrected chi connectivity index (χ3v) is 5.54. The number of aryl methyl sites for hydroxylation is 2. The van der Waals surface area contributed by atoms with Crippen molar-refractivity contribution in [2.45, 2.75) is 31.6 Å². The van der Waals surface area contributed by atoms with Crippen LogP contribution in [0.25, 0.3) is 0 Å². The first-order valence-corrected chi connectivity index (χ1v) is 10.6. The molecule has 0 aliphatic heterocycles. The van der Waals surface area contributed by atoms with E-state index in [1.165, 1.54) is 12.1 Å². The van der Waals surface area contributed by atoms with E-state index in [0.29, 0.717) is 5.69 Å². The molecule has 7 nitrogen and oxygen atoms in total. The largest absolute Gasteiger partial charge is 0.455 e. The molecule has 2 aromatic carbocycles. The van der Waals surface area contributed by atoms with Crippen LogP contribution < -0.4 is 10.0 Å². The molecule has 0 fully saturated rings. The summed E-state index contributed by atoms with van der Waals surface area (Å²) >= 11 is 0. The van der Waals surface area contributed by atoms with E-state index in [4.69, 9.17) is 4.74 Å². The standard InChI is InChI=1S/C20H23FN2O5S/c1-3-14-7-5-8-15(4-2)20(14)23-18(24)13-28-19(25)12-22-29(26,27)17-10-6-9-16(21)11-17/h5-11,22H,3-4,12-13H2,1-2H3,(H,23,24). The molecule has 0 spiro atoms. The van der Waals surface area contributed by atoms with E-state index in [-0.39, 0.29) is 4.90 Å². The predicted molar refractivity (Wildman–Crippen MR) is 106 cm³/mol. The van der Waals surface area contributed by atoms with Gasteiger partial charge in [-0.1, -0.05) is 38.1 Å². The predicted octanol–water partition coefficient (Wildman–Crippen LogP) is 2.41. The summed E-state index contributed by atoms with van der Waals surface area (Å²) in [6, 6.07) is 10.1. The molecule has 156 valence electrons. The van der Waals surface area contributed by atoms with Gasteiger partial charge in [0.1, 0.15) is 12.4 Å². The lowest BCUT2D eigenvalue weighted by Gasteiger charge is -2.14. The third-order valence-electron chi connectivity index (χ3n) is 4.14. The summed E-state index contributed by atoms with van der Waals surface area (Å²) in [6.07, 6.45) is 1.45. The minimum Gasteiger partial charge on any atom is -0.455 e. The number of carbonyl (C=O) groups is 2. The minimum absolute atomic E-state index is 0.314. The van der Waals surface area contributed by atoms with Crippen molar-refractivity contribution in [2.24, 2.45) is 0 Å². The number of benzene rings is 2. The molecule has 0 aromatic heterocycles. The van der Waals surface area contributed by atoms with Crippen molar-refractivity contribution in [3.63, 3.8) is 0 Å². The summed E-state index contributed by atoms with van der Waals surface area (Å²) in [4.78, 5) is 23.6. The van der Waals surface area contributed by atoms with Crippen LogP contribution in [0.1, 0.15) is 25.0 Å². The van der Waals surface area contributed by atoms with Crippen LogP contribution in [0.2, 0.25) is 0 Å². The van der Waals surface area contributed by atoms with E-state index in [2.05, 4.69) is 5.32 Å². The highest BCUT2D eigenvalue weighted by molar-refractivity contribution is 7.89. The molecular formula is C20H23FN2O5S. The van der Waals surface area contributed by atoms with E-state index in [9.17, 15) is 22.4 Å². The van der Waals surface area contributed by atoms with E-state index >= 15 is 0 Å². The first-order chi connectivity index (χ1) is 13.8. The van der Waals surface area contributed by atoms with Gasteiger partial charge in [-0.05, 0) is 42.2 Å². The number of halogens is 1. The van der Waals surface area contributed by atoms with Gasteiger partial charge in [0.15, 0.2) is 6.61 Å². The number of esters is 1. The maximum Gasteiger partial charge on any atom is 0.321 e. The molecule has 0 atom stereocenters. The van der Waals surface area contributed by atoms with Gasteiger partial charge in [0, 0.05) is 5.69 Å². The van der Waals surface area contributed by atoms with Gasteiger partial charge in [-0.15, -0.1) is 0 Å². The summed E-state index contributed by atoms with van der Waals surface area (Å²) in [7, 11) is -4.07. The van der Waals surface area contributed by atoms with Crippen molar-refractivity contribution in [2.75, 3.05) is 18.5 Å². The monoisotopic (exact) mass is 422 g/mol. The first kappa shape index (κ1) is 22.5. The number of sulfonamides is 1. The highest BCUT2D eigenvalue weighted by atomic mass is 32.2. The summed E-state index contributed by atoms with van der Waals surface area (Å²) in [6.45, 7) is 2.70. The van der Waals surface area contributed by atoms with E-state index < -0.39 is 40.9 Å². The number of hydrogen-bond acceptors (Lipinski definition) is 5. The Bertz CT molecular complexity index is 970. The van der Waals surface area contributed by atoms with Crippen LogP contribution in [0.4, 0.5) is 10.1 Å². The van der Waals surface area contributed by atoms with Crippen molar-refractivity contribution in [3.05, 3.63) is 59.4 Å². The number of carbonyl (C=O) groups excluding carboxylic acids is 2. The fourth-order valence-corrected chi connectivity index (χ4v) is 3.65. The van der Waals surface area contributed by atoms with Gasteiger partial charge in [-0.25, -0.2) is 12.8 Å². The van der Waals surface area contributed by atoms with Crippen molar-refractivity contribution in [3.8, 4) is 0 Å². The molecule has 2 rings (SSSR count). The Labute approximate surface area is 169 Å². The van der Waals surface area contributed by atoms with Crippen molar-refractivity contribution >= 4 is 27.6 Å². The number of nitrogens with one attached hydrogen (secondary N) is 2. The Morgan fingerprint density at radius 1 is 1.03 bits per heavy atom. The van der Waals surface area contributed by atoms with Crippen LogP contribution in [0.5, 0.6) is 0 Å². The zero-order chi connectivity index (χ0) is 21.4. The lowest BCUT2D eigenvalue weighted by atomic mass is 10.0. The Morgan fingerprint density at radius 2 is 1.66 bits per heavy atom. The third kappa shape index (κ3) is 6.37. The molecule has 0 unspecified atom stereocenters. The second kappa shape index (κ2) is 10.1. The zero-order valence-electron chi connectivity index (χ0n) is 16.2. The van der Waals surface area contributed by atoms with E-state index in [1.54, 1.807) is 0 Å². The van der Waals surface area contributed by atoms with Crippen molar-refractivity contribution < 1.29 is 27.1 Å². The second-order valence-corrected chi connectivity index (χ2v) is 7.92. The highest BCUT2D eigenvalue weighted by Gasteiger charge is 2.17. The molecule has 2 N–H and O–H groups in total. The Kier molecular flexibility index (Phi) is 7.86. The second-order valence-electron chi connectivity index (χ2n) is 6.15. The number of hydrogen-bond donors (Lipinski definition) is 2. The molecule has 0 saturated heterocycles. The summed E-state index contributed by atoms with van der Waals surface area (Å²) in [5, 5.41) is 2.74. The van der Waals surface area contributed by atoms with Gasteiger partial charge < -0.3 is 10.1 Å². The quantitative estimate of drug-likeness (QED) is 0.605. The molecule has 0 aliphatic carbocycles. The van der Waals surface area contributed by atoms with Crippen LogP contribution in [-0.2, 0) is 37.2 Å². The van der Waals surface area contributed by atoms with Gasteiger partial charge in [-0.2, -0.15) is 4.72 Å². The molecule has 0 bridgehead atoms. The molecular weight excluding hydrogens is 399 g/mol. The van der Waals surface area contributed by atoms with Gasteiger partial charge in [-0.3, -0.25) is 9.59 Å². The smallest absolute Gasteiger partial charge is 0.321 e. The lowest BCUT2D eigenvalue weighted by Crippen LogP contribution is -2.32. The van der Waals surface area contributed by atoms with Crippen LogP contribution in [0, 0.1) is 5.82 Å². The number of anilines is 1. The Balaban J connectivity index is 1.89. The van der Waals surface area contributed by atoms with E-state index in [1.807, 2.05) is 36.8 Å².